The molecule has 4 aromatic rings. The maximum absolute atomic E-state index is 13.8. The molecule has 1 aromatic heterocycles. The molecule has 3 aromatic carbocycles. The number of carbonyl (C=O) groups is 3. The number of aliphatic carboxylic acids is 1. The molecule has 1 aliphatic heterocycles. The summed E-state index contributed by atoms with van der Waals surface area (Å²) in [5, 5.41) is 13.1. The molecule has 2 N–H and O–H groups in total. The standard InChI is InChI=1S/C33H32ClN5O4/c34-25-14-16-26(17-15-25)36-31(42)29-12-7-19-39(29)33-35-20-27(28(37-33)18-13-23-8-3-1-4-9-23)32(43)38(22-30(40)41)21-24-10-5-2-6-11-24/h1-6,8-11,14-17,20,29H,7,12-13,18-19,21-22H2,(H,36,42)(H,40,41)/t29-/m1/s1. The number of halogens is 1. The fraction of sp³-hybridized carbons (Fsp3) is 0.242. The number of anilines is 2. The third kappa shape index (κ3) is 7.75. The Hall–Kier alpha value is -4.76. The van der Waals surface area contributed by atoms with Gasteiger partial charge in [-0.1, -0.05) is 72.3 Å². The average Bonchev–Trinajstić information content (AvgIpc) is 3.52. The highest BCUT2D eigenvalue weighted by Crippen LogP contribution is 2.26. The van der Waals surface area contributed by atoms with E-state index in [0.717, 1.165) is 17.5 Å². The molecular formula is C33H32ClN5O4. The maximum atomic E-state index is 13.8. The van der Waals surface area contributed by atoms with Crippen LogP contribution in [0.2, 0.25) is 5.02 Å². The van der Waals surface area contributed by atoms with Crippen LogP contribution in [0.25, 0.3) is 0 Å². The van der Waals surface area contributed by atoms with Gasteiger partial charge in [-0.15, -0.1) is 0 Å². The summed E-state index contributed by atoms with van der Waals surface area (Å²) in [6.45, 7) is 0.251. The second-order valence-corrected chi connectivity index (χ2v) is 10.8. The highest BCUT2D eigenvalue weighted by Gasteiger charge is 2.33. The summed E-state index contributed by atoms with van der Waals surface area (Å²) in [5.41, 5.74) is 3.29. The van der Waals surface area contributed by atoms with E-state index in [1.807, 2.05) is 65.6 Å². The van der Waals surface area contributed by atoms with Gasteiger partial charge in [0.1, 0.15) is 12.6 Å². The number of nitrogens with one attached hydrogen (secondary N) is 1. The van der Waals surface area contributed by atoms with E-state index >= 15 is 0 Å². The number of nitrogens with zero attached hydrogens (tertiary/aromatic N) is 4. The third-order valence-electron chi connectivity index (χ3n) is 7.33. The number of amides is 2. The fourth-order valence-corrected chi connectivity index (χ4v) is 5.32. The number of carboxylic acids is 1. The summed E-state index contributed by atoms with van der Waals surface area (Å²) in [6, 6.07) is 25.6. The zero-order valence-corrected chi connectivity index (χ0v) is 24.3. The molecule has 0 radical (unpaired) electrons. The molecule has 2 heterocycles. The van der Waals surface area contributed by atoms with Crippen LogP contribution >= 0.6 is 11.6 Å². The Labute approximate surface area is 255 Å². The summed E-state index contributed by atoms with van der Waals surface area (Å²) in [5.74, 6) is -1.38. The first kappa shape index (κ1) is 29.7. The zero-order chi connectivity index (χ0) is 30.2. The van der Waals surface area contributed by atoms with Gasteiger partial charge in [0.25, 0.3) is 5.91 Å². The van der Waals surface area contributed by atoms with E-state index in [0.29, 0.717) is 48.2 Å². The van der Waals surface area contributed by atoms with Crippen molar-refractivity contribution in [2.24, 2.45) is 0 Å². The van der Waals surface area contributed by atoms with Crippen LogP contribution in [0.4, 0.5) is 11.6 Å². The molecule has 5 rings (SSSR count). The number of carbonyl (C=O) groups excluding carboxylic acids is 2. The molecule has 220 valence electrons. The number of benzene rings is 3. The van der Waals surface area contributed by atoms with Crippen LogP contribution in [0, 0.1) is 0 Å². The van der Waals surface area contributed by atoms with Crippen LogP contribution in [-0.4, -0.2) is 56.9 Å². The quantitative estimate of drug-likeness (QED) is 0.243. The van der Waals surface area contributed by atoms with Gasteiger partial charge < -0.3 is 20.2 Å². The number of hydrogen-bond donors (Lipinski definition) is 2. The maximum Gasteiger partial charge on any atom is 0.323 e. The molecule has 0 bridgehead atoms. The van der Waals surface area contributed by atoms with Gasteiger partial charge >= 0.3 is 5.97 Å². The molecule has 0 saturated carbocycles. The average molecular weight is 598 g/mol. The van der Waals surface area contributed by atoms with Crippen molar-refractivity contribution in [2.45, 2.75) is 38.3 Å². The molecule has 43 heavy (non-hydrogen) atoms. The van der Waals surface area contributed by atoms with E-state index in [-0.39, 0.29) is 18.0 Å². The number of rotatable bonds is 11. The van der Waals surface area contributed by atoms with Gasteiger partial charge in [-0.25, -0.2) is 9.97 Å². The Morgan fingerprint density at radius 1 is 0.930 bits per heavy atom. The Bertz CT molecular complexity index is 1570. The summed E-state index contributed by atoms with van der Waals surface area (Å²) in [6.07, 6.45) is 3.94. The summed E-state index contributed by atoms with van der Waals surface area (Å²) < 4.78 is 0. The smallest absolute Gasteiger partial charge is 0.323 e. The molecule has 0 unspecified atom stereocenters. The highest BCUT2D eigenvalue weighted by molar-refractivity contribution is 6.30. The molecule has 1 atom stereocenters. The largest absolute Gasteiger partial charge is 0.480 e. The number of aryl methyl sites for hydroxylation is 2. The van der Waals surface area contributed by atoms with Crippen molar-refractivity contribution in [3.8, 4) is 0 Å². The number of aromatic nitrogens is 2. The van der Waals surface area contributed by atoms with E-state index < -0.39 is 24.5 Å². The fourth-order valence-electron chi connectivity index (χ4n) is 5.20. The van der Waals surface area contributed by atoms with Gasteiger partial charge in [-0.3, -0.25) is 14.4 Å². The predicted octanol–water partition coefficient (Wildman–Crippen LogP) is 5.25. The van der Waals surface area contributed by atoms with Crippen LogP contribution < -0.4 is 10.2 Å². The Balaban J connectivity index is 1.43. The van der Waals surface area contributed by atoms with Crippen molar-refractivity contribution in [1.82, 2.24) is 14.9 Å². The lowest BCUT2D eigenvalue weighted by Gasteiger charge is -2.26. The lowest BCUT2D eigenvalue weighted by molar-refractivity contribution is -0.137. The summed E-state index contributed by atoms with van der Waals surface area (Å²) >= 11 is 5.98. The van der Waals surface area contributed by atoms with Crippen LogP contribution in [0.15, 0.2) is 91.1 Å². The molecular weight excluding hydrogens is 566 g/mol. The van der Waals surface area contributed by atoms with E-state index in [4.69, 9.17) is 16.6 Å². The topological polar surface area (TPSA) is 116 Å². The first-order valence-corrected chi connectivity index (χ1v) is 14.5. The van der Waals surface area contributed by atoms with Crippen molar-refractivity contribution in [2.75, 3.05) is 23.3 Å². The first-order valence-electron chi connectivity index (χ1n) is 14.2. The van der Waals surface area contributed by atoms with Gasteiger partial charge in [-0.2, -0.15) is 0 Å². The Morgan fingerprint density at radius 3 is 2.28 bits per heavy atom. The lowest BCUT2D eigenvalue weighted by Crippen LogP contribution is -2.41. The molecule has 1 fully saturated rings. The van der Waals surface area contributed by atoms with Crippen molar-refractivity contribution >= 4 is 41.0 Å². The van der Waals surface area contributed by atoms with Crippen LogP contribution in [-0.2, 0) is 29.0 Å². The van der Waals surface area contributed by atoms with Crippen LogP contribution in [0.5, 0.6) is 0 Å². The van der Waals surface area contributed by atoms with Gasteiger partial charge in [-0.05, 0) is 61.1 Å². The molecule has 0 aliphatic carbocycles. The minimum atomic E-state index is -1.11. The van der Waals surface area contributed by atoms with E-state index in [1.54, 1.807) is 24.3 Å². The normalized spacial score (nSPS) is 14.3. The highest BCUT2D eigenvalue weighted by atomic mass is 35.5. The molecule has 9 nitrogen and oxygen atoms in total. The van der Waals surface area contributed by atoms with Gasteiger partial charge in [0.05, 0.1) is 11.3 Å². The molecule has 1 aliphatic rings. The number of carboxylic acid groups (broad SMARTS) is 1. The van der Waals surface area contributed by atoms with Crippen molar-refractivity contribution in [3.63, 3.8) is 0 Å². The van der Waals surface area contributed by atoms with Gasteiger partial charge in [0.15, 0.2) is 0 Å². The predicted molar refractivity (Wildman–Crippen MR) is 165 cm³/mol. The van der Waals surface area contributed by atoms with E-state index in [2.05, 4.69) is 10.3 Å². The Kier molecular flexibility index (Phi) is 9.63. The van der Waals surface area contributed by atoms with E-state index in [9.17, 15) is 19.5 Å². The Morgan fingerprint density at radius 2 is 1.60 bits per heavy atom. The lowest BCUT2D eigenvalue weighted by atomic mass is 10.0. The minimum Gasteiger partial charge on any atom is -0.480 e. The summed E-state index contributed by atoms with van der Waals surface area (Å²) in [7, 11) is 0. The van der Waals surface area contributed by atoms with Crippen LogP contribution in [0.1, 0.15) is 40.0 Å². The molecule has 0 spiro atoms. The van der Waals surface area contributed by atoms with E-state index in [1.165, 1.54) is 11.1 Å². The summed E-state index contributed by atoms with van der Waals surface area (Å²) in [4.78, 5) is 51.4. The third-order valence-corrected chi connectivity index (χ3v) is 7.58. The van der Waals surface area contributed by atoms with Crippen molar-refractivity contribution in [1.29, 1.82) is 0 Å². The second kappa shape index (κ2) is 13.9. The monoisotopic (exact) mass is 597 g/mol. The van der Waals surface area contributed by atoms with Crippen molar-refractivity contribution in [3.05, 3.63) is 119 Å². The van der Waals surface area contributed by atoms with Crippen molar-refractivity contribution < 1.29 is 19.5 Å². The SMILES string of the molecule is O=C(O)CN(Cc1ccccc1)C(=O)c1cnc(N2CCC[C@@H]2C(=O)Nc2ccc(Cl)cc2)nc1CCc1ccccc1. The zero-order valence-electron chi connectivity index (χ0n) is 23.5. The molecule has 1 saturated heterocycles. The van der Waals surface area contributed by atoms with Crippen LogP contribution in [0.3, 0.4) is 0 Å². The van der Waals surface area contributed by atoms with Gasteiger partial charge in [0.2, 0.25) is 11.9 Å². The molecule has 2 amide bonds. The molecule has 10 heteroatoms. The first-order chi connectivity index (χ1) is 20.9. The van der Waals surface area contributed by atoms with Gasteiger partial charge in [0, 0.05) is 30.0 Å². The number of hydrogen-bond acceptors (Lipinski definition) is 6. The minimum absolute atomic E-state index is 0.130. The second-order valence-electron chi connectivity index (χ2n) is 10.4.